The van der Waals surface area contributed by atoms with Crippen molar-refractivity contribution in [1.29, 1.82) is 0 Å². The molecule has 2 amide bonds. The number of carbonyl (C=O) groups excluding carboxylic acids is 2. The Morgan fingerprint density at radius 1 is 1.25 bits per heavy atom. The molecule has 0 bridgehead atoms. The maximum Gasteiger partial charge on any atom is 0.228 e. The van der Waals surface area contributed by atoms with Gasteiger partial charge in [0.05, 0.1) is 12.1 Å². The molecular weight excluding hydrogens is 306 g/mol. The van der Waals surface area contributed by atoms with Gasteiger partial charge in [0, 0.05) is 24.6 Å². The van der Waals surface area contributed by atoms with Crippen molar-refractivity contribution in [2.75, 3.05) is 6.54 Å². The fourth-order valence-electron chi connectivity index (χ4n) is 3.13. The molecule has 1 aromatic heterocycles. The van der Waals surface area contributed by atoms with E-state index in [0.29, 0.717) is 18.1 Å². The number of likely N-dealkylation sites (tertiary alicyclic amines) is 1. The van der Waals surface area contributed by atoms with Crippen LogP contribution in [0.5, 0.6) is 0 Å². The summed E-state index contributed by atoms with van der Waals surface area (Å²) in [6.07, 6.45) is 4.71. The van der Waals surface area contributed by atoms with Crippen molar-refractivity contribution in [3.05, 3.63) is 42.3 Å². The van der Waals surface area contributed by atoms with Crippen LogP contribution in [0.4, 0.5) is 0 Å². The molecule has 24 heavy (non-hydrogen) atoms. The summed E-state index contributed by atoms with van der Waals surface area (Å²) in [6, 6.07) is 9.46. The van der Waals surface area contributed by atoms with Crippen LogP contribution in [0.25, 0.3) is 11.5 Å². The minimum absolute atomic E-state index is 0.0335. The first-order valence-electron chi connectivity index (χ1n) is 8.21. The number of nitrogens with zero attached hydrogens (tertiary/aromatic N) is 2. The van der Waals surface area contributed by atoms with Gasteiger partial charge in [-0.1, -0.05) is 18.2 Å². The third-order valence-corrected chi connectivity index (χ3v) is 4.29. The Labute approximate surface area is 140 Å². The van der Waals surface area contributed by atoms with E-state index in [9.17, 15) is 9.59 Å². The third-order valence-electron chi connectivity index (χ3n) is 4.29. The summed E-state index contributed by atoms with van der Waals surface area (Å²) in [5.41, 5.74) is 6.78. The van der Waals surface area contributed by atoms with Gasteiger partial charge in [0.25, 0.3) is 0 Å². The van der Waals surface area contributed by atoms with Crippen molar-refractivity contribution >= 4 is 11.8 Å². The molecule has 0 saturated carbocycles. The molecule has 0 unspecified atom stereocenters. The smallest absolute Gasteiger partial charge is 0.228 e. The molecule has 6 nitrogen and oxygen atoms in total. The van der Waals surface area contributed by atoms with Gasteiger partial charge < -0.3 is 15.1 Å². The lowest BCUT2D eigenvalue weighted by molar-refractivity contribution is -0.135. The first kappa shape index (κ1) is 16.2. The molecule has 2 aromatic rings. The number of oxazole rings is 1. The van der Waals surface area contributed by atoms with E-state index in [4.69, 9.17) is 10.2 Å². The van der Waals surface area contributed by atoms with E-state index in [1.807, 2.05) is 30.3 Å². The number of rotatable bonds is 5. The van der Waals surface area contributed by atoms with E-state index in [0.717, 1.165) is 24.8 Å². The maximum absolute atomic E-state index is 12.6. The van der Waals surface area contributed by atoms with Crippen molar-refractivity contribution in [2.45, 2.75) is 38.1 Å². The minimum Gasteiger partial charge on any atom is -0.444 e. The average Bonchev–Trinajstić information content (AvgIpc) is 3.04. The second kappa shape index (κ2) is 7.29. The van der Waals surface area contributed by atoms with Crippen LogP contribution in [0.15, 0.2) is 41.0 Å². The van der Waals surface area contributed by atoms with Crippen LogP contribution in [-0.2, 0) is 16.0 Å². The standard InChI is InChI=1S/C18H21N3O3/c19-16(22)11-15-8-4-5-9-21(15)17(23)10-14-12-24-18(20-14)13-6-2-1-3-7-13/h1-3,6-7,12,15H,4-5,8-11H2,(H2,19,22)/t15-/m1/s1. The second-order valence-electron chi connectivity index (χ2n) is 6.09. The molecule has 6 heteroatoms. The highest BCUT2D eigenvalue weighted by atomic mass is 16.3. The number of hydrogen-bond donors (Lipinski definition) is 1. The van der Waals surface area contributed by atoms with Crippen LogP contribution in [0, 0.1) is 0 Å². The number of carbonyl (C=O) groups is 2. The molecule has 1 aliphatic heterocycles. The zero-order chi connectivity index (χ0) is 16.9. The molecule has 2 N–H and O–H groups in total. The Kier molecular flexibility index (Phi) is 4.93. The summed E-state index contributed by atoms with van der Waals surface area (Å²) >= 11 is 0. The molecule has 1 atom stereocenters. The fraction of sp³-hybridized carbons (Fsp3) is 0.389. The molecule has 1 fully saturated rings. The number of benzene rings is 1. The normalized spacial score (nSPS) is 17.7. The Bertz CT molecular complexity index is 711. The molecule has 126 valence electrons. The largest absolute Gasteiger partial charge is 0.444 e. The predicted molar refractivity (Wildman–Crippen MR) is 88.8 cm³/mol. The topological polar surface area (TPSA) is 89.4 Å². The van der Waals surface area contributed by atoms with E-state index < -0.39 is 0 Å². The van der Waals surface area contributed by atoms with Gasteiger partial charge in [0.1, 0.15) is 6.26 Å². The zero-order valence-electron chi connectivity index (χ0n) is 13.5. The van der Waals surface area contributed by atoms with Crippen molar-refractivity contribution < 1.29 is 14.0 Å². The van der Waals surface area contributed by atoms with Crippen LogP contribution >= 0.6 is 0 Å². The van der Waals surface area contributed by atoms with E-state index in [-0.39, 0.29) is 30.7 Å². The molecule has 0 spiro atoms. The van der Waals surface area contributed by atoms with Gasteiger partial charge in [-0.15, -0.1) is 0 Å². The Morgan fingerprint density at radius 3 is 2.79 bits per heavy atom. The predicted octanol–water partition coefficient (Wildman–Crippen LogP) is 2.14. The summed E-state index contributed by atoms with van der Waals surface area (Å²) in [5.74, 6) is 0.104. The zero-order valence-corrected chi connectivity index (χ0v) is 13.5. The number of primary amides is 1. The van der Waals surface area contributed by atoms with Crippen LogP contribution < -0.4 is 5.73 Å². The lowest BCUT2D eigenvalue weighted by Gasteiger charge is -2.35. The van der Waals surface area contributed by atoms with E-state index in [1.54, 1.807) is 4.90 Å². The molecular formula is C18H21N3O3. The van der Waals surface area contributed by atoms with Crippen molar-refractivity contribution in [3.8, 4) is 11.5 Å². The minimum atomic E-state index is -0.368. The fourth-order valence-corrected chi connectivity index (χ4v) is 3.13. The van der Waals surface area contributed by atoms with Gasteiger partial charge in [0.15, 0.2) is 0 Å². The lowest BCUT2D eigenvalue weighted by atomic mass is 9.98. The third kappa shape index (κ3) is 3.82. The lowest BCUT2D eigenvalue weighted by Crippen LogP contribution is -2.46. The second-order valence-corrected chi connectivity index (χ2v) is 6.09. The first-order valence-corrected chi connectivity index (χ1v) is 8.21. The quantitative estimate of drug-likeness (QED) is 0.911. The molecule has 1 aromatic carbocycles. The summed E-state index contributed by atoms with van der Waals surface area (Å²) in [7, 11) is 0. The average molecular weight is 327 g/mol. The maximum atomic E-state index is 12.6. The first-order chi connectivity index (χ1) is 11.6. The van der Waals surface area contributed by atoms with Crippen molar-refractivity contribution in [1.82, 2.24) is 9.88 Å². The molecule has 0 aliphatic carbocycles. The van der Waals surface area contributed by atoms with Crippen LogP contribution in [0.2, 0.25) is 0 Å². The van der Waals surface area contributed by atoms with Gasteiger partial charge in [0.2, 0.25) is 17.7 Å². The molecule has 1 saturated heterocycles. The monoisotopic (exact) mass is 327 g/mol. The van der Waals surface area contributed by atoms with Crippen molar-refractivity contribution in [2.24, 2.45) is 5.73 Å². The summed E-state index contributed by atoms with van der Waals surface area (Å²) < 4.78 is 5.47. The number of amides is 2. The summed E-state index contributed by atoms with van der Waals surface area (Å²) in [4.78, 5) is 30.0. The molecule has 3 rings (SSSR count). The van der Waals surface area contributed by atoms with Crippen LogP contribution in [0.1, 0.15) is 31.4 Å². The highest BCUT2D eigenvalue weighted by Crippen LogP contribution is 2.22. The van der Waals surface area contributed by atoms with Crippen LogP contribution in [0.3, 0.4) is 0 Å². The summed E-state index contributed by atoms with van der Waals surface area (Å²) in [6.45, 7) is 0.667. The van der Waals surface area contributed by atoms with Gasteiger partial charge in [-0.2, -0.15) is 0 Å². The molecule has 0 radical (unpaired) electrons. The number of aromatic nitrogens is 1. The van der Waals surface area contributed by atoms with Gasteiger partial charge in [-0.25, -0.2) is 4.98 Å². The van der Waals surface area contributed by atoms with Gasteiger partial charge >= 0.3 is 0 Å². The highest BCUT2D eigenvalue weighted by molar-refractivity contribution is 5.80. The summed E-state index contributed by atoms with van der Waals surface area (Å²) in [5, 5.41) is 0. The Balaban J connectivity index is 1.68. The number of nitrogens with two attached hydrogens (primary N) is 1. The Morgan fingerprint density at radius 2 is 2.04 bits per heavy atom. The Hall–Kier alpha value is -2.63. The van der Waals surface area contributed by atoms with E-state index in [1.165, 1.54) is 6.26 Å². The van der Waals surface area contributed by atoms with Gasteiger partial charge in [-0.05, 0) is 31.4 Å². The van der Waals surface area contributed by atoms with Gasteiger partial charge in [-0.3, -0.25) is 9.59 Å². The number of hydrogen-bond acceptors (Lipinski definition) is 4. The SMILES string of the molecule is NC(=O)C[C@H]1CCCCN1C(=O)Cc1coc(-c2ccccc2)n1. The highest BCUT2D eigenvalue weighted by Gasteiger charge is 2.28. The van der Waals surface area contributed by atoms with Crippen molar-refractivity contribution in [3.63, 3.8) is 0 Å². The van der Waals surface area contributed by atoms with E-state index >= 15 is 0 Å². The van der Waals surface area contributed by atoms with Crippen LogP contribution in [-0.4, -0.2) is 34.3 Å². The van der Waals surface area contributed by atoms with E-state index in [2.05, 4.69) is 4.98 Å². The molecule has 1 aliphatic rings. The number of piperidine rings is 1. The molecule has 2 heterocycles.